The van der Waals surface area contributed by atoms with Gasteiger partial charge >= 0.3 is 0 Å². The molecule has 40 heavy (non-hydrogen) atoms. The van der Waals surface area contributed by atoms with Crippen LogP contribution in [0.4, 0.5) is 5.69 Å². The second kappa shape index (κ2) is 14.0. The molecular weight excluding hydrogens is 569 g/mol. The molecule has 0 aromatic heterocycles. The van der Waals surface area contributed by atoms with E-state index in [1.807, 2.05) is 33.8 Å². The number of amides is 2. The number of nitrogens with zero attached hydrogens (tertiary/aromatic N) is 2. The van der Waals surface area contributed by atoms with E-state index in [1.165, 1.54) is 29.2 Å². The van der Waals surface area contributed by atoms with Crippen LogP contribution in [0.1, 0.15) is 43.4 Å². The van der Waals surface area contributed by atoms with Crippen LogP contribution in [0.2, 0.25) is 10.0 Å². The lowest BCUT2D eigenvalue weighted by Gasteiger charge is -2.33. The molecule has 3 rings (SSSR count). The molecule has 0 saturated carbocycles. The van der Waals surface area contributed by atoms with Crippen LogP contribution in [0.3, 0.4) is 0 Å². The summed E-state index contributed by atoms with van der Waals surface area (Å²) in [6, 6.07) is 17.2. The van der Waals surface area contributed by atoms with Gasteiger partial charge in [0.2, 0.25) is 11.8 Å². The maximum absolute atomic E-state index is 14.1. The number of halogens is 2. The predicted octanol–water partition coefficient (Wildman–Crippen LogP) is 6.14. The minimum Gasteiger partial charge on any atom is -0.354 e. The summed E-state index contributed by atoms with van der Waals surface area (Å²) < 4.78 is 28.9. The zero-order chi connectivity index (χ0) is 29.4. The third-order valence-electron chi connectivity index (χ3n) is 6.66. The van der Waals surface area contributed by atoms with Gasteiger partial charge in [0, 0.05) is 23.1 Å². The van der Waals surface area contributed by atoms with Crippen molar-refractivity contribution in [3.63, 3.8) is 0 Å². The van der Waals surface area contributed by atoms with Crippen molar-refractivity contribution in [3.8, 4) is 0 Å². The standard InChI is InChI=1S/C30H35Cl2N3O4S/c1-5-17-33-30(37)28(6-2)34(19-23-8-10-24(31)11-9-23)29(36)20-35(26-14-7-21(3)22(4)18-26)40(38,39)27-15-12-25(32)13-16-27/h7-16,18,28H,5-6,17,19-20H2,1-4H3,(H,33,37)/t28-/m0/s1. The SMILES string of the molecule is CCCNC(=O)[C@H](CC)N(Cc1ccc(Cl)cc1)C(=O)CN(c1ccc(C)c(C)c1)S(=O)(=O)c1ccc(Cl)cc1. The van der Waals surface area contributed by atoms with E-state index in [0.717, 1.165) is 27.4 Å². The normalized spacial score (nSPS) is 12.1. The van der Waals surface area contributed by atoms with Crippen molar-refractivity contribution in [2.75, 3.05) is 17.4 Å². The molecule has 0 aliphatic rings. The Morgan fingerprint density at radius 3 is 2.02 bits per heavy atom. The average molecular weight is 605 g/mol. The number of carbonyl (C=O) groups is 2. The fraction of sp³-hybridized carbons (Fsp3) is 0.333. The van der Waals surface area contributed by atoms with Crippen LogP contribution in [0, 0.1) is 13.8 Å². The predicted molar refractivity (Wildman–Crippen MR) is 161 cm³/mol. The summed E-state index contributed by atoms with van der Waals surface area (Å²) in [7, 11) is -4.17. The zero-order valence-corrected chi connectivity index (χ0v) is 25.5. The molecule has 7 nitrogen and oxygen atoms in total. The van der Waals surface area contributed by atoms with E-state index in [2.05, 4.69) is 5.32 Å². The van der Waals surface area contributed by atoms with Crippen molar-refractivity contribution in [1.82, 2.24) is 10.2 Å². The van der Waals surface area contributed by atoms with Crippen LogP contribution in [-0.4, -0.2) is 44.3 Å². The van der Waals surface area contributed by atoms with Gasteiger partial charge in [-0.1, -0.05) is 55.2 Å². The Balaban J connectivity index is 2.07. The Bertz CT molecular complexity index is 1430. The van der Waals surface area contributed by atoms with Gasteiger partial charge in [-0.05, 0) is 91.9 Å². The van der Waals surface area contributed by atoms with Gasteiger partial charge in [-0.3, -0.25) is 13.9 Å². The van der Waals surface area contributed by atoms with Crippen molar-refractivity contribution < 1.29 is 18.0 Å². The third kappa shape index (κ3) is 7.77. The van der Waals surface area contributed by atoms with Gasteiger partial charge < -0.3 is 10.2 Å². The molecule has 1 atom stereocenters. The fourth-order valence-electron chi connectivity index (χ4n) is 4.22. The van der Waals surface area contributed by atoms with Gasteiger partial charge in [-0.2, -0.15) is 0 Å². The number of carbonyl (C=O) groups excluding carboxylic acids is 2. The van der Waals surface area contributed by atoms with Crippen LogP contribution in [0.25, 0.3) is 0 Å². The molecule has 2 amide bonds. The highest BCUT2D eigenvalue weighted by Gasteiger charge is 2.33. The number of hydrogen-bond donors (Lipinski definition) is 1. The van der Waals surface area contributed by atoms with Gasteiger partial charge in [-0.15, -0.1) is 0 Å². The van der Waals surface area contributed by atoms with Crippen LogP contribution >= 0.6 is 23.2 Å². The summed E-state index contributed by atoms with van der Waals surface area (Å²) in [4.78, 5) is 28.6. The summed E-state index contributed by atoms with van der Waals surface area (Å²) in [5, 5.41) is 3.82. The number of sulfonamides is 1. The van der Waals surface area contributed by atoms with Crippen molar-refractivity contribution in [3.05, 3.63) is 93.5 Å². The molecule has 3 aromatic carbocycles. The highest BCUT2D eigenvalue weighted by atomic mass is 35.5. The molecule has 0 saturated heterocycles. The van der Waals surface area contributed by atoms with Crippen molar-refractivity contribution in [2.45, 2.75) is 58.0 Å². The second-order valence-corrected chi connectivity index (χ2v) is 12.3. The Kier molecular flexibility index (Phi) is 11.0. The summed E-state index contributed by atoms with van der Waals surface area (Å²) >= 11 is 12.1. The van der Waals surface area contributed by atoms with Crippen LogP contribution in [0.5, 0.6) is 0 Å². The minimum atomic E-state index is -4.17. The molecule has 0 unspecified atom stereocenters. The quantitative estimate of drug-likeness (QED) is 0.269. The molecule has 214 valence electrons. The van der Waals surface area contributed by atoms with Crippen LogP contribution < -0.4 is 9.62 Å². The summed E-state index contributed by atoms with van der Waals surface area (Å²) in [6.45, 7) is 7.65. The van der Waals surface area contributed by atoms with E-state index < -0.39 is 28.5 Å². The highest BCUT2D eigenvalue weighted by molar-refractivity contribution is 7.92. The molecule has 1 N–H and O–H groups in total. The molecule has 0 spiro atoms. The lowest BCUT2D eigenvalue weighted by Crippen LogP contribution is -2.52. The minimum absolute atomic E-state index is 0.0000836. The first-order chi connectivity index (χ1) is 19.0. The van der Waals surface area contributed by atoms with Crippen molar-refractivity contribution in [1.29, 1.82) is 0 Å². The number of anilines is 1. The van der Waals surface area contributed by atoms with Gasteiger partial charge in [0.1, 0.15) is 12.6 Å². The van der Waals surface area contributed by atoms with E-state index in [0.29, 0.717) is 28.7 Å². The first-order valence-electron chi connectivity index (χ1n) is 13.1. The largest absolute Gasteiger partial charge is 0.354 e. The Hall–Kier alpha value is -3.07. The molecular formula is C30H35Cl2N3O4S. The second-order valence-electron chi connectivity index (χ2n) is 9.60. The third-order valence-corrected chi connectivity index (χ3v) is 8.95. The van der Waals surface area contributed by atoms with E-state index in [1.54, 1.807) is 36.4 Å². The number of nitrogens with one attached hydrogen (secondary N) is 1. The molecule has 0 fully saturated rings. The van der Waals surface area contributed by atoms with E-state index in [-0.39, 0.29) is 17.3 Å². The zero-order valence-electron chi connectivity index (χ0n) is 23.2. The Morgan fingerprint density at radius 2 is 1.48 bits per heavy atom. The molecule has 3 aromatic rings. The lowest BCUT2D eigenvalue weighted by atomic mass is 10.1. The van der Waals surface area contributed by atoms with E-state index in [4.69, 9.17) is 23.2 Å². The first kappa shape index (κ1) is 31.5. The summed E-state index contributed by atoms with van der Waals surface area (Å²) in [5.74, 6) is -0.797. The van der Waals surface area contributed by atoms with Crippen LogP contribution in [-0.2, 0) is 26.2 Å². The van der Waals surface area contributed by atoms with Gasteiger partial charge in [0.15, 0.2) is 0 Å². The molecule has 0 aliphatic heterocycles. The van der Waals surface area contributed by atoms with E-state index in [9.17, 15) is 18.0 Å². The Labute approximate surface area is 247 Å². The molecule has 0 radical (unpaired) electrons. The number of aryl methyl sites for hydroxylation is 2. The Morgan fingerprint density at radius 1 is 0.875 bits per heavy atom. The first-order valence-corrected chi connectivity index (χ1v) is 15.3. The number of hydrogen-bond acceptors (Lipinski definition) is 4. The molecule has 0 heterocycles. The molecule has 10 heteroatoms. The maximum Gasteiger partial charge on any atom is 0.264 e. The highest BCUT2D eigenvalue weighted by Crippen LogP contribution is 2.27. The number of benzene rings is 3. The molecule has 0 aliphatic carbocycles. The fourth-order valence-corrected chi connectivity index (χ4v) is 5.87. The number of rotatable bonds is 12. The topological polar surface area (TPSA) is 86.8 Å². The average Bonchev–Trinajstić information content (AvgIpc) is 2.93. The maximum atomic E-state index is 14.1. The van der Waals surface area contributed by atoms with Crippen molar-refractivity contribution in [2.24, 2.45) is 0 Å². The van der Waals surface area contributed by atoms with Crippen LogP contribution in [0.15, 0.2) is 71.6 Å². The summed E-state index contributed by atoms with van der Waals surface area (Å²) in [5.41, 5.74) is 2.98. The van der Waals surface area contributed by atoms with Gasteiger partial charge in [0.05, 0.1) is 10.6 Å². The smallest absolute Gasteiger partial charge is 0.264 e. The van der Waals surface area contributed by atoms with Crippen molar-refractivity contribution >= 4 is 50.7 Å². The lowest BCUT2D eigenvalue weighted by molar-refractivity contribution is -0.140. The summed E-state index contributed by atoms with van der Waals surface area (Å²) in [6.07, 6.45) is 1.09. The van der Waals surface area contributed by atoms with E-state index >= 15 is 0 Å². The van der Waals surface area contributed by atoms with Gasteiger partial charge in [0.25, 0.3) is 10.0 Å². The molecule has 0 bridgehead atoms. The monoisotopic (exact) mass is 603 g/mol. The van der Waals surface area contributed by atoms with Gasteiger partial charge in [-0.25, -0.2) is 8.42 Å².